The van der Waals surface area contributed by atoms with E-state index in [0.717, 1.165) is 0 Å². The van der Waals surface area contributed by atoms with Crippen LogP contribution in [0.15, 0.2) is 121 Å². The molecule has 1 saturated carbocycles. The van der Waals surface area contributed by atoms with Crippen molar-refractivity contribution in [3.63, 3.8) is 0 Å². The van der Waals surface area contributed by atoms with E-state index in [4.69, 9.17) is 0 Å². The van der Waals surface area contributed by atoms with E-state index in [-0.39, 0.29) is 5.41 Å². The van der Waals surface area contributed by atoms with Gasteiger partial charge in [-0.1, -0.05) is 129 Å². The van der Waals surface area contributed by atoms with Crippen LogP contribution in [-0.2, 0) is 5.41 Å². The molecule has 2 atom stereocenters. The lowest BCUT2D eigenvalue weighted by Gasteiger charge is -2.25. The Hall–Kier alpha value is -4.42. The fourth-order valence-corrected chi connectivity index (χ4v) is 8.19. The van der Waals surface area contributed by atoms with Gasteiger partial charge in [0.1, 0.15) is 0 Å². The Morgan fingerprint density at radius 3 is 1.77 bits per heavy atom. The summed E-state index contributed by atoms with van der Waals surface area (Å²) < 4.78 is 0. The Kier molecular flexibility index (Phi) is 4.38. The van der Waals surface area contributed by atoms with E-state index >= 15 is 0 Å². The summed E-state index contributed by atoms with van der Waals surface area (Å²) in [7, 11) is 0. The van der Waals surface area contributed by atoms with Crippen LogP contribution < -0.4 is 10.4 Å². The maximum atomic E-state index is 2.55. The highest BCUT2D eigenvalue weighted by Crippen LogP contribution is 2.57. The Morgan fingerprint density at radius 2 is 1.07 bits per heavy atom. The Bertz CT molecular complexity index is 2160. The molecule has 0 heterocycles. The maximum Gasteiger partial charge on any atom is 0.0165 e. The minimum absolute atomic E-state index is 0.0800. The van der Waals surface area contributed by atoms with E-state index in [1.165, 1.54) is 77.4 Å². The summed E-state index contributed by atoms with van der Waals surface area (Å²) in [6, 6.07) is 45.6. The van der Waals surface area contributed by atoms with Crippen LogP contribution in [0.2, 0.25) is 0 Å². The minimum atomic E-state index is -0.0800. The van der Waals surface area contributed by atoms with E-state index in [9.17, 15) is 0 Å². The lowest BCUT2D eigenvalue weighted by Crippen LogP contribution is -2.34. The number of hydrogen-bond donors (Lipinski definition) is 0. The van der Waals surface area contributed by atoms with Crippen LogP contribution in [0.5, 0.6) is 0 Å². The summed E-state index contributed by atoms with van der Waals surface area (Å²) >= 11 is 0. The third-order valence-electron chi connectivity index (χ3n) is 9.96. The number of rotatable bonds is 2. The standard InChI is InChI=1S/C40H30/c1-40(2)35-22-25(37-30-18-10-9-17-29(30)36(33-23-34(33)37)24-12-4-3-5-13-24)20-21-32(35)38-28-16-8-6-14-26(28)27-15-7-11-19-31(27)39(38)40/h3-22,33-34H,23H2,1-2H3/t33-,34?/m1/s1. The van der Waals surface area contributed by atoms with E-state index < -0.39 is 0 Å². The maximum absolute atomic E-state index is 2.55. The zero-order chi connectivity index (χ0) is 26.6. The third kappa shape index (κ3) is 2.86. The lowest BCUT2D eigenvalue weighted by molar-refractivity contribution is 0.666. The van der Waals surface area contributed by atoms with Crippen molar-refractivity contribution in [2.24, 2.45) is 11.8 Å². The van der Waals surface area contributed by atoms with Crippen LogP contribution in [0.25, 0.3) is 43.8 Å². The van der Waals surface area contributed by atoms with Crippen LogP contribution >= 0.6 is 0 Å². The first kappa shape index (κ1) is 22.4. The second-order valence-electron chi connectivity index (χ2n) is 12.4. The van der Waals surface area contributed by atoms with Crippen molar-refractivity contribution in [3.8, 4) is 11.1 Å². The van der Waals surface area contributed by atoms with Crippen molar-refractivity contribution in [3.05, 3.63) is 154 Å². The molecule has 1 fully saturated rings. The van der Waals surface area contributed by atoms with Gasteiger partial charge in [0.25, 0.3) is 0 Å². The van der Waals surface area contributed by atoms with Crippen LogP contribution in [0.1, 0.15) is 42.5 Å². The van der Waals surface area contributed by atoms with Gasteiger partial charge in [-0.3, -0.25) is 0 Å². The second kappa shape index (κ2) is 7.83. The van der Waals surface area contributed by atoms with Gasteiger partial charge in [0, 0.05) is 5.41 Å². The molecular weight excluding hydrogens is 480 g/mol. The van der Waals surface area contributed by atoms with Gasteiger partial charge in [0.15, 0.2) is 0 Å². The van der Waals surface area contributed by atoms with Gasteiger partial charge in [0.05, 0.1) is 0 Å². The molecule has 1 unspecified atom stereocenters. The van der Waals surface area contributed by atoms with Crippen LogP contribution in [0, 0.1) is 11.8 Å². The zero-order valence-corrected chi connectivity index (χ0v) is 22.9. The van der Waals surface area contributed by atoms with Gasteiger partial charge in [-0.25, -0.2) is 0 Å². The highest BCUT2D eigenvalue weighted by Gasteiger charge is 2.46. The number of fused-ring (bicyclic) bond motifs is 10. The molecule has 0 bridgehead atoms. The normalized spacial score (nSPS) is 19.8. The molecule has 6 aromatic rings. The van der Waals surface area contributed by atoms with E-state index in [1.54, 1.807) is 5.57 Å². The smallest absolute Gasteiger partial charge is 0.0165 e. The predicted molar refractivity (Wildman–Crippen MR) is 168 cm³/mol. The van der Waals surface area contributed by atoms with Crippen molar-refractivity contribution in [1.82, 2.24) is 0 Å². The molecule has 3 aliphatic rings. The van der Waals surface area contributed by atoms with Gasteiger partial charge in [-0.15, -0.1) is 0 Å². The number of hydrogen-bond acceptors (Lipinski definition) is 0. The first-order valence-electron chi connectivity index (χ1n) is 14.6. The molecule has 0 heteroatoms. The predicted octanol–water partition coefficient (Wildman–Crippen LogP) is 8.35. The molecule has 0 amide bonds. The molecule has 9 rings (SSSR count). The highest BCUT2D eigenvalue weighted by atomic mass is 14.5. The third-order valence-corrected chi connectivity index (χ3v) is 9.96. The monoisotopic (exact) mass is 510 g/mol. The van der Waals surface area contributed by atoms with Crippen molar-refractivity contribution >= 4 is 32.7 Å². The summed E-state index contributed by atoms with van der Waals surface area (Å²) in [5, 5.41) is 8.31. The van der Waals surface area contributed by atoms with Crippen molar-refractivity contribution in [2.75, 3.05) is 0 Å². The van der Waals surface area contributed by atoms with Gasteiger partial charge < -0.3 is 0 Å². The molecule has 190 valence electrons. The molecule has 0 aliphatic heterocycles. The molecule has 0 nitrogen and oxygen atoms in total. The summed E-state index contributed by atoms with van der Waals surface area (Å²) in [5.74, 6) is 1.20. The summed E-state index contributed by atoms with van der Waals surface area (Å²) in [4.78, 5) is 0. The largest absolute Gasteiger partial charge is 0.0622 e. The van der Waals surface area contributed by atoms with Gasteiger partial charge in [-0.05, 0) is 101 Å². The molecule has 0 saturated heterocycles. The Labute approximate surface area is 234 Å². The molecule has 3 aliphatic carbocycles. The van der Waals surface area contributed by atoms with E-state index in [2.05, 4.69) is 135 Å². The van der Waals surface area contributed by atoms with Crippen LogP contribution in [0.3, 0.4) is 0 Å². The summed E-state index contributed by atoms with van der Waals surface area (Å²) in [6.45, 7) is 4.87. The van der Waals surface area contributed by atoms with Gasteiger partial charge >= 0.3 is 0 Å². The number of benzene rings is 6. The summed E-state index contributed by atoms with van der Waals surface area (Å²) in [6.07, 6.45) is 1.24. The lowest BCUT2D eigenvalue weighted by atomic mass is 9.78. The fraction of sp³-hybridized carbons (Fsp3) is 0.150. The zero-order valence-electron chi connectivity index (χ0n) is 22.9. The molecule has 0 aromatic heterocycles. The fourth-order valence-electron chi connectivity index (χ4n) is 8.19. The first-order chi connectivity index (χ1) is 19.6. The topological polar surface area (TPSA) is 0 Å². The molecule has 0 N–H and O–H groups in total. The quantitative estimate of drug-likeness (QED) is 0.205. The van der Waals surface area contributed by atoms with Crippen LogP contribution in [-0.4, -0.2) is 0 Å². The molecule has 6 aromatic carbocycles. The Morgan fingerprint density at radius 1 is 0.525 bits per heavy atom. The average Bonchev–Trinajstić information content (AvgIpc) is 3.75. The highest BCUT2D eigenvalue weighted by molar-refractivity contribution is 6.18. The van der Waals surface area contributed by atoms with Gasteiger partial charge in [0.2, 0.25) is 0 Å². The van der Waals surface area contributed by atoms with E-state index in [1.807, 2.05) is 0 Å². The summed E-state index contributed by atoms with van der Waals surface area (Å²) in [5.41, 5.74) is 11.6. The van der Waals surface area contributed by atoms with Crippen molar-refractivity contribution in [1.29, 1.82) is 0 Å². The Balaban J connectivity index is 1.33. The van der Waals surface area contributed by atoms with Crippen molar-refractivity contribution < 1.29 is 0 Å². The second-order valence-corrected chi connectivity index (χ2v) is 12.4. The minimum Gasteiger partial charge on any atom is -0.0622 e. The first-order valence-corrected chi connectivity index (χ1v) is 14.6. The van der Waals surface area contributed by atoms with Crippen LogP contribution in [0.4, 0.5) is 0 Å². The molecule has 0 radical (unpaired) electrons. The molecule has 0 spiro atoms. The average molecular weight is 511 g/mol. The SMILES string of the molecule is CC1(C)c2cc(C3=c4ccccc4=C(c4ccccc4)[C@@H]4CC34)ccc2-c2c1c1ccccc1c1ccccc21. The van der Waals surface area contributed by atoms with E-state index in [0.29, 0.717) is 11.8 Å². The molecule has 40 heavy (non-hydrogen) atoms. The van der Waals surface area contributed by atoms with Gasteiger partial charge in [-0.2, -0.15) is 0 Å². The van der Waals surface area contributed by atoms with Crippen molar-refractivity contribution in [2.45, 2.75) is 25.7 Å². The molecular formula is C40H30.